The summed E-state index contributed by atoms with van der Waals surface area (Å²) in [7, 11) is 0. The molecule has 0 saturated carbocycles. The highest BCUT2D eigenvalue weighted by molar-refractivity contribution is 7.99. The number of carbonyl (C=O) groups is 1. The summed E-state index contributed by atoms with van der Waals surface area (Å²) in [4.78, 5) is 12.3. The van der Waals surface area contributed by atoms with Crippen molar-refractivity contribution in [2.75, 3.05) is 11.1 Å². The van der Waals surface area contributed by atoms with Gasteiger partial charge in [-0.1, -0.05) is 69.8 Å². The van der Waals surface area contributed by atoms with E-state index in [2.05, 4.69) is 15.5 Å². The van der Waals surface area contributed by atoms with E-state index in [9.17, 15) is 4.79 Å². The van der Waals surface area contributed by atoms with E-state index in [4.69, 9.17) is 58.0 Å². The van der Waals surface area contributed by atoms with E-state index >= 15 is 0 Å². The number of halogens is 5. The maximum Gasteiger partial charge on any atom is 0.234 e. The molecule has 0 bridgehead atoms. The third-order valence-electron chi connectivity index (χ3n) is 3.83. The molecule has 1 heterocycles. The molecule has 1 aromatic heterocycles. The van der Waals surface area contributed by atoms with Crippen molar-refractivity contribution in [3.63, 3.8) is 0 Å². The van der Waals surface area contributed by atoms with Crippen molar-refractivity contribution < 1.29 is 4.79 Å². The summed E-state index contributed by atoms with van der Waals surface area (Å²) in [6, 6.07) is 8.23. The smallest absolute Gasteiger partial charge is 0.234 e. The van der Waals surface area contributed by atoms with E-state index in [-0.39, 0.29) is 11.7 Å². The first-order chi connectivity index (χ1) is 13.8. The number of aromatic nitrogens is 3. The van der Waals surface area contributed by atoms with Crippen LogP contribution in [0.15, 0.2) is 35.5 Å². The summed E-state index contributed by atoms with van der Waals surface area (Å²) < 4.78 is 1.89. The molecule has 1 N–H and O–H groups in total. The van der Waals surface area contributed by atoms with Gasteiger partial charge in [-0.05, 0) is 37.3 Å². The lowest BCUT2D eigenvalue weighted by Crippen LogP contribution is -2.15. The van der Waals surface area contributed by atoms with Crippen LogP contribution in [-0.2, 0) is 11.3 Å². The predicted octanol–water partition coefficient (Wildman–Crippen LogP) is 6.96. The molecule has 1 amide bonds. The number of thioether (sulfide) groups is 1. The number of nitrogens with zero attached hydrogens (tertiary/aromatic N) is 3. The molecule has 0 spiro atoms. The average Bonchev–Trinajstić information content (AvgIpc) is 3.09. The van der Waals surface area contributed by atoms with Crippen molar-refractivity contribution in [2.45, 2.75) is 18.6 Å². The van der Waals surface area contributed by atoms with Crippen molar-refractivity contribution in [3.8, 4) is 11.4 Å². The lowest BCUT2D eigenvalue weighted by molar-refractivity contribution is -0.113. The monoisotopic (exact) mass is 508 g/mol. The molecule has 0 aliphatic carbocycles. The highest BCUT2D eigenvalue weighted by Crippen LogP contribution is 2.33. The third-order valence-corrected chi connectivity index (χ3v) is 6.57. The first kappa shape index (κ1) is 22.5. The van der Waals surface area contributed by atoms with Gasteiger partial charge < -0.3 is 9.88 Å². The molecule has 3 rings (SSSR count). The largest absolute Gasteiger partial charge is 0.324 e. The van der Waals surface area contributed by atoms with Crippen molar-refractivity contribution in [2.24, 2.45) is 0 Å². The normalized spacial score (nSPS) is 11.0. The van der Waals surface area contributed by atoms with E-state index in [0.29, 0.717) is 48.3 Å². The van der Waals surface area contributed by atoms with Crippen LogP contribution in [0.4, 0.5) is 5.69 Å². The molecule has 11 heteroatoms. The van der Waals surface area contributed by atoms with Gasteiger partial charge in [-0.2, -0.15) is 0 Å². The van der Waals surface area contributed by atoms with E-state index in [1.54, 1.807) is 12.1 Å². The molecule has 5 nitrogen and oxygen atoms in total. The van der Waals surface area contributed by atoms with Crippen LogP contribution in [0.3, 0.4) is 0 Å². The number of nitrogens with one attached hydrogen (secondary N) is 1. The number of amides is 1. The van der Waals surface area contributed by atoms with Crippen LogP contribution in [0.1, 0.15) is 6.92 Å². The average molecular weight is 511 g/mol. The number of hydrogen-bond donors (Lipinski definition) is 1. The van der Waals surface area contributed by atoms with Gasteiger partial charge in [0.1, 0.15) is 0 Å². The Hall–Kier alpha value is -1.15. The van der Waals surface area contributed by atoms with Crippen molar-refractivity contribution in [3.05, 3.63) is 55.4 Å². The van der Waals surface area contributed by atoms with Gasteiger partial charge in [0.15, 0.2) is 11.0 Å². The number of anilines is 1. The highest BCUT2D eigenvalue weighted by Gasteiger charge is 2.16. The summed E-state index contributed by atoms with van der Waals surface area (Å²) in [6.45, 7) is 2.58. The molecule has 29 heavy (non-hydrogen) atoms. The molecular weight excluding hydrogens is 498 g/mol. The fraction of sp³-hybridized carbons (Fsp3) is 0.167. The zero-order valence-electron chi connectivity index (χ0n) is 14.8. The van der Waals surface area contributed by atoms with Crippen LogP contribution in [0.5, 0.6) is 0 Å². The van der Waals surface area contributed by atoms with Crippen LogP contribution >= 0.6 is 69.8 Å². The minimum absolute atomic E-state index is 0.107. The van der Waals surface area contributed by atoms with Crippen molar-refractivity contribution in [1.29, 1.82) is 0 Å². The van der Waals surface area contributed by atoms with Gasteiger partial charge in [0, 0.05) is 12.1 Å². The van der Waals surface area contributed by atoms with E-state index in [1.807, 2.05) is 17.6 Å². The molecule has 0 saturated heterocycles. The number of rotatable bonds is 6. The Morgan fingerprint density at radius 3 is 2.34 bits per heavy atom. The first-order valence-electron chi connectivity index (χ1n) is 8.26. The lowest BCUT2D eigenvalue weighted by atomic mass is 10.2. The quantitative estimate of drug-likeness (QED) is 0.288. The molecule has 0 fully saturated rings. The number of carbonyl (C=O) groups excluding carboxylic acids is 1. The van der Waals surface area contributed by atoms with E-state index in [0.717, 1.165) is 5.56 Å². The zero-order valence-corrected chi connectivity index (χ0v) is 19.4. The molecule has 2 aromatic carbocycles. The molecule has 152 valence electrons. The van der Waals surface area contributed by atoms with E-state index in [1.165, 1.54) is 23.9 Å². The Labute approximate surface area is 196 Å². The molecule has 0 aliphatic heterocycles. The summed E-state index contributed by atoms with van der Waals surface area (Å²) in [6.07, 6.45) is 0. The fourth-order valence-electron chi connectivity index (χ4n) is 2.46. The van der Waals surface area contributed by atoms with Gasteiger partial charge in [-0.25, -0.2) is 0 Å². The van der Waals surface area contributed by atoms with Crippen LogP contribution in [0, 0.1) is 0 Å². The van der Waals surface area contributed by atoms with Crippen molar-refractivity contribution >= 4 is 81.4 Å². The number of benzene rings is 2. The standard InChI is InChI=1S/C18H13Cl5N4OS/c1-2-27-17(9-3-4-10(19)11(20)5-9)25-26-18(27)29-8-16(28)24-15-7-13(22)12(21)6-14(15)23/h3-7H,2,8H2,1H3,(H,24,28). The van der Waals surface area contributed by atoms with Crippen molar-refractivity contribution in [1.82, 2.24) is 14.8 Å². The van der Waals surface area contributed by atoms with Crippen LogP contribution in [0.2, 0.25) is 25.1 Å². The lowest BCUT2D eigenvalue weighted by Gasteiger charge is -2.10. The number of hydrogen-bond acceptors (Lipinski definition) is 4. The van der Waals surface area contributed by atoms with Gasteiger partial charge in [0.2, 0.25) is 5.91 Å². The minimum Gasteiger partial charge on any atom is -0.324 e. The van der Waals surface area contributed by atoms with Gasteiger partial charge in [0.05, 0.1) is 36.6 Å². The second-order valence-corrected chi connectivity index (χ2v) is 8.74. The molecule has 3 aromatic rings. The highest BCUT2D eigenvalue weighted by atomic mass is 35.5. The van der Waals surface area contributed by atoms with Crippen LogP contribution in [0.25, 0.3) is 11.4 Å². The maximum atomic E-state index is 12.3. The molecule has 0 unspecified atom stereocenters. The van der Waals surface area contributed by atoms with E-state index < -0.39 is 0 Å². The second kappa shape index (κ2) is 9.77. The Morgan fingerprint density at radius 2 is 1.66 bits per heavy atom. The Kier molecular flexibility index (Phi) is 7.59. The molecule has 0 aliphatic rings. The van der Waals surface area contributed by atoms with Crippen LogP contribution in [-0.4, -0.2) is 26.4 Å². The Balaban J connectivity index is 1.72. The third kappa shape index (κ3) is 5.32. The Morgan fingerprint density at radius 1 is 0.966 bits per heavy atom. The maximum absolute atomic E-state index is 12.3. The molecular formula is C18H13Cl5N4OS. The Bertz CT molecular complexity index is 1070. The van der Waals surface area contributed by atoms with Gasteiger partial charge in [0.25, 0.3) is 0 Å². The first-order valence-corrected chi connectivity index (χ1v) is 11.1. The zero-order chi connectivity index (χ0) is 21.1. The van der Waals surface area contributed by atoms with Gasteiger partial charge in [-0.15, -0.1) is 10.2 Å². The molecule has 0 atom stereocenters. The predicted molar refractivity (Wildman–Crippen MR) is 122 cm³/mol. The summed E-state index contributed by atoms with van der Waals surface area (Å²) in [5, 5.41) is 13.6. The summed E-state index contributed by atoms with van der Waals surface area (Å²) >= 11 is 31.3. The molecule has 0 radical (unpaired) electrons. The minimum atomic E-state index is -0.267. The van der Waals surface area contributed by atoms with Crippen LogP contribution < -0.4 is 5.32 Å². The van der Waals surface area contributed by atoms with Gasteiger partial charge in [-0.3, -0.25) is 4.79 Å². The SMILES string of the molecule is CCn1c(SCC(=O)Nc2cc(Cl)c(Cl)cc2Cl)nnc1-c1ccc(Cl)c(Cl)c1. The summed E-state index contributed by atoms with van der Waals surface area (Å²) in [5.41, 5.74) is 1.17. The summed E-state index contributed by atoms with van der Waals surface area (Å²) in [5.74, 6) is 0.481. The fourth-order valence-corrected chi connectivity index (χ4v) is 4.16. The second-order valence-electron chi connectivity index (χ2n) is 5.76. The topological polar surface area (TPSA) is 59.8 Å². The van der Waals surface area contributed by atoms with Gasteiger partial charge >= 0.3 is 0 Å².